The lowest BCUT2D eigenvalue weighted by molar-refractivity contribution is -0.275. The number of carboxylic acid groups (broad SMARTS) is 1. The largest absolute Gasteiger partial charge is 0.573 e. The number of ether oxygens (including phenoxy) is 1. The second-order valence-electron chi connectivity index (χ2n) is 6.34. The number of carboxylic acids is 1. The maximum Gasteiger partial charge on any atom is 0.573 e. The predicted octanol–water partition coefficient (Wildman–Crippen LogP) is 2.46. The monoisotopic (exact) mass is 379 g/mol. The molecule has 0 spiro atoms. The Morgan fingerprint density at radius 2 is 2.00 bits per heavy atom. The summed E-state index contributed by atoms with van der Waals surface area (Å²) in [6.45, 7) is -0.259. The molecule has 0 aromatic heterocycles. The standard InChI is InChI=1S/C15H16F3NO5S/c16-15(17,18)24-11-5-1-2-6-12(11)25(22,23)19-8-10-4-3-7-14(10,9-19)13(20)21/h1-2,5-6,10H,3-4,7-9H2,(H,20,21)/t10-,14+/m0/s1. The summed E-state index contributed by atoms with van der Waals surface area (Å²) >= 11 is 0. The second-order valence-corrected chi connectivity index (χ2v) is 8.25. The van der Waals surface area contributed by atoms with Crippen LogP contribution in [0.4, 0.5) is 13.2 Å². The van der Waals surface area contributed by atoms with Crippen molar-refractivity contribution in [2.75, 3.05) is 13.1 Å². The molecule has 6 nitrogen and oxygen atoms in total. The molecule has 25 heavy (non-hydrogen) atoms. The number of alkyl halides is 3. The van der Waals surface area contributed by atoms with Crippen molar-refractivity contribution in [2.45, 2.75) is 30.5 Å². The lowest BCUT2D eigenvalue weighted by atomic mass is 9.81. The summed E-state index contributed by atoms with van der Waals surface area (Å²) in [5.74, 6) is -2.22. The molecule has 0 amide bonds. The Morgan fingerprint density at radius 1 is 1.32 bits per heavy atom. The molecule has 0 unspecified atom stereocenters. The van der Waals surface area contributed by atoms with E-state index < -0.39 is 38.4 Å². The molecule has 138 valence electrons. The Hall–Kier alpha value is -1.81. The average molecular weight is 379 g/mol. The number of halogens is 3. The Labute approximate surface area is 142 Å². The molecule has 2 atom stereocenters. The van der Waals surface area contributed by atoms with Gasteiger partial charge in [-0.1, -0.05) is 18.6 Å². The number of sulfonamides is 1. The van der Waals surface area contributed by atoms with Gasteiger partial charge in [0.1, 0.15) is 10.6 Å². The first-order valence-corrected chi connectivity index (χ1v) is 9.09. The number of nitrogens with zero attached hydrogens (tertiary/aromatic N) is 1. The van der Waals surface area contributed by atoms with Crippen LogP contribution < -0.4 is 4.74 Å². The SMILES string of the molecule is O=C(O)[C@@]12CCC[C@H]1CN(S(=O)(=O)c1ccccc1OC(F)(F)F)C2. The number of benzene rings is 1. The van der Waals surface area contributed by atoms with Crippen molar-refractivity contribution < 1.29 is 36.2 Å². The van der Waals surface area contributed by atoms with Crippen molar-refractivity contribution in [1.29, 1.82) is 0 Å². The van der Waals surface area contributed by atoms with Crippen LogP contribution in [0.3, 0.4) is 0 Å². The molecular weight excluding hydrogens is 363 g/mol. The van der Waals surface area contributed by atoms with Crippen LogP contribution in [0.5, 0.6) is 5.75 Å². The van der Waals surface area contributed by atoms with Gasteiger partial charge < -0.3 is 9.84 Å². The minimum Gasteiger partial charge on any atom is -0.481 e. The summed E-state index contributed by atoms with van der Waals surface area (Å²) in [5, 5.41) is 9.54. The molecule has 1 aromatic carbocycles. The van der Waals surface area contributed by atoms with E-state index in [9.17, 15) is 31.5 Å². The van der Waals surface area contributed by atoms with Crippen LogP contribution in [0.1, 0.15) is 19.3 Å². The zero-order chi connectivity index (χ0) is 18.5. The summed E-state index contributed by atoms with van der Waals surface area (Å²) in [5.41, 5.74) is -1.16. The van der Waals surface area contributed by atoms with Gasteiger partial charge in [-0.3, -0.25) is 4.79 Å². The zero-order valence-corrected chi connectivity index (χ0v) is 13.8. The summed E-state index contributed by atoms with van der Waals surface area (Å²) in [7, 11) is -4.31. The molecule has 1 saturated heterocycles. The van der Waals surface area contributed by atoms with Crippen molar-refractivity contribution in [3.05, 3.63) is 24.3 Å². The molecule has 10 heteroatoms. The van der Waals surface area contributed by atoms with Crippen LogP contribution in [-0.4, -0.2) is 43.3 Å². The van der Waals surface area contributed by atoms with Gasteiger partial charge in [-0.15, -0.1) is 13.2 Å². The highest BCUT2D eigenvalue weighted by Crippen LogP contribution is 2.50. The Kier molecular flexibility index (Phi) is 4.23. The summed E-state index contributed by atoms with van der Waals surface area (Å²) in [4.78, 5) is 11.1. The Balaban J connectivity index is 1.95. The fourth-order valence-electron chi connectivity index (χ4n) is 3.79. The number of aliphatic carboxylic acids is 1. The van der Waals surface area contributed by atoms with Crippen molar-refractivity contribution in [3.63, 3.8) is 0 Å². The van der Waals surface area contributed by atoms with Crippen LogP contribution in [0.15, 0.2) is 29.2 Å². The molecule has 1 heterocycles. The Bertz CT molecular complexity index is 795. The number of carbonyl (C=O) groups is 1. The van der Waals surface area contributed by atoms with E-state index in [4.69, 9.17) is 0 Å². The van der Waals surface area contributed by atoms with Crippen LogP contribution >= 0.6 is 0 Å². The average Bonchev–Trinajstić information content (AvgIpc) is 3.04. The zero-order valence-electron chi connectivity index (χ0n) is 13.0. The van der Waals surface area contributed by atoms with Gasteiger partial charge in [-0.2, -0.15) is 4.31 Å². The maximum atomic E-state index is 12.8. The van der Waals surface area contributed by atoms with Gasteiger partial charge in [0, 0.05) is 13.1 Å². The van der Waals surface area contributed by atoms with E-state index in [1.54, 1.807) is 0 Å². The van der Waals surface area contributed by atoms with Gasteiger partial charge in [0.25, 0.3) is 0 Å². The van der Waals surface area contributed by atoms with Crippen LogP contribution in [0.25, 0.3) is 0 Å². The number of rotatable bonds is 4. The molecule has 3 rings (SSSR count). The summed E-state index contributed by atoms with van der Waals surface area (Å²) < 4.78 is 68.0. The smallest absolute Gasteiger partial charge is 0.481 e. The molecule has 1 aromatic rings. The first-order chi connectivity index (χ1) is 11.6. The van der Waals surface area contributed by atoms with Gasteiger partial charge in [0.15, 0.2) is 0 Å². The molecule has 1 aliphatic carbocycles. The van der Waals surface area contributed by atoms with E-state index in [1.165, 1.54) is 12.1 Å². The van der Waals surface area contributed by atoms with Crippen LogP contribution in [0.2, 0.25) is 0 Å². The van der Waals surface area contributed by atoms with E-state index in [0.29, 0.717) is 19.3 Å². The second kappa shape index (κ2) is 5.87. The van der Waals surface area contributed by atoms with Gasteiger partial charge in [0.2, 0.25) is 10.0 Å². The minimum absolute atomic E-state index is 0.0189. The van der Waals surface area contributed by atoms with Gasteiger partial charge >= 0.3 is 12.3 Å². The highest BCUT2D eigenvalue weighted by Gasteiger charge is 2.57. The van der Waals surface area contributed by atoms with Gasteiger partial charge in [-0.05, 0) is 30.9 Å². The fraction of sp³-hybridized carbons (Fsp3) is 0.533. The third-order valence-corrected chi connectivity index (χ3v) is 6.81. The van der Waals surface area contributed by atoms with Crippen LogP contribution in [-0.2, 0) is 14.8 Å². The third kappa shape index (κ3) is 3.08. The van der Waals surface area contributed by atoms with Crippen molar-refractivity contribution in [1.82, 2.24) is 4.31 Å². The van der Waals surface area contributed by atoms with E-state index in [0.717, 1.165) is 16.4 Å². The maximum absolute atomic E-state index is 12.8. The van der Waals surface area contributed by atoms with Crippen LogP contribution in [0, 0.1) is 11.3 Å². The highest BCUT2D eigenvalue weighted by atomic mass is 32.2. The lowest BCUT2D eigenvalue weighted by Gasteiger charge is -2.23. The van der Waals surface area contributed by atoms with Crippen molar-refractivity contribution >= 4 is 16.0 Å². The molecule has 0 bridgehead atoms. The summed E-state index contributed by atoms with van der Waals surface area (Å²) in [6, 6.07) is 4.47. The topological polar surface area (TPSA) is 83.9 Å². The molecule has 0 radical (unpaired) electrons. The number of hydrogen-bond donors (Lipinski definition) is 1. The molecule has 1 saturated carbocycles. The minimum atomic E-state index is -5.03. The third-order valence-electron chi connectivity index (χ3n) is 4.96. The molecule has 2 fully saturated rings. The Morgan fingerprint density at radius 3 is 2.60 bits per heavy atom. The first-order valence-electron chi connectivity index (χ1n) is 7.65. The normalized spacial score (nSPS) is 27.2. The van der Waals surface area contributed by atoms with Gasteiger partial charge in [0.05, 0.1) is 5.41 Å². The van der Waals surface area contributed by atoms with E-state index in [2.05, 4.69) is 4.74 Å². The summed E-state index contributed by atoms with van der Waals surface area (Å²) in [6.07, 6.45) is -3.40. The van der Waals surface area contributed by atoms with Gasteiger partial charge in [-0.25, -0.2) is 8.42 Å². The number of hydrogen-bond acceptors (Lipinski definition) is 4. The molecular formula is C15H16F3NO5S. The van der Waals surface area contributed by atoms with Crippen molar-refractivity contribution in [2.24, 2.45) is 11.3 Å². The van der Waals surface area contributed by atoms with E-state index in [1.807, 2.05) is 0 Å². The van der Waals surface area contributed by atoms with Crippen molar-refractivity contribution in [3.8, 4) is 5.75 Å². The first kappa shape index (κ1) is 18.0. The highest BCUT2D eigenvalue weighted by molar-refractivity contribution is 7.89. The fourth-order valence-corrected chi connectivity index (χ4v) is 5.46. The van der Waals surface area contributed by atoms with E-state index in [-0.39, 0.29) is 19.0 Å². The number of fused-ring (bicyclic) bond motifs is 1. The molecule has 1 aliphatic heterocycles. The molecule has 1 N–H and O–H groups in total. The molecule has 2 aliphatic rings. The predicted molar refractivity (Wildman–Crippen MR) is 79.3 cm³/mol. The quantitative estimate of drug-likeness (QED) is 0.869. The van der Waals surface area contributed by atoms with E-state index >= 15 is 0 Å². The number of para-hydroxylation sites is 1. The lowest BCUT2D eigenvalue weighted by Crippen LogP contribution is -2.37.